The molecule has 0 aliphatic carbocycles. The largest absolute Gasteiger partial charge is 0.480 e. The summed E-state index contributed by atoms with van der Waals surface area (Å²) in [7, 11) is 0. The molecule has 4 aliphatic rings. The zero-order valence-electron chi connectivity index (χ0n) is 36.4. The maximum atomic E-state index is 14.3. The molecule has 14 nitrogen and oxygen atoms in total. The molecule has 0 saturated heterocycles. The van der Waals surface area contributed by atoms with Crippen LogP contribution in [0.25, 0.3) is 0 Å². The molecule has 2 atom stereocenters. The van der Waals surface area contributed by atoms with Gasteiger partial charge in [-0.2, -0.15) is 36.9 Å². The second kappa shape index (κ2) is 18.9. The summed E-state index contributed by atoms with van der Waals surface area (Å²) in [6.45, 7) is 4.05. The SMILES string of the molecule is C=C1N[C@H](c2ccc(C#N)cc2)C2=C(CN(CCCN(CCCN3CC4=C(C3=O)[C@@H](c3ccc(C#N)cc3)NC(=O)N4c3cccc(C(F)(F)F)c3)CC(=O)O)C2=O)N1c1cccc(C(F)(F)F)c1. The Morgan fingerprint density at radius 3 is 1.55 bits per heavy atom. The van der Waals surface area contributed by atoms with Gasteiger partial charge in [0.05, 0.1) is 94.3 Å². The van der Waals surface area contributed by atoms with Crippen LogP contribution in [0.15, 0.2) is 132 Å². The lowest BCUT2D eigenvalue weighted by molar-refractivity contribution is -0.139. The molecule has 354 valence electrons. The van der Waals surface area contributed by atoms with Crippen LogP contribution in [0.2, 0.25) is 0 Å². The normalized spacial score (nSPS) is 18.3. The number of carbonyl (C=O) groups is 4. The number of carbonyl (C=O) groups excluding carboxylic acids is 3. The third-order valence-corrected chi connectivity index (χ3v) is 12.3. The van der Waals surface area contributed by atoms with Gasteiger partial charge in [-0.3, -0.25) is 29.1 Å². The summed E-state index contributed by atoms with van der Waals surface area (Å²) >= 11 is 0. The van der Waals surface area contributed by atoms with Crippen LogP contribution in [0.5, 0.6) is 0 Å². The molecule has 4 aromatic rings. The number of benzene rings is 4. The number of carboxylic acid groups (broad SMARTS) is 1. The molecule has 0 aromatic heterocycles. The number of anilines is 2. The number of alkyl halides is 6. The minimum Gasteiger partial charge on any atom is -0.480 e. The Kier molecular flexibility index (Phi) is 13.0. The average Bonchev–Trinajstić information content (AvgIpc) is 3.82. The van der Waals surface area contributed by atoms with E-state index in [1.165, 1.54) is 45.0 Å². The zero-order chi connectivity index (χ0) is 49.4. The lowest BCUT2D eigenvalue weighted by atomic mass is 9.94. The maximum absolute atomic E-state index is 14.3. The van der Waals surface area contributed by atoms with E-state index < -0.39 is 65.9 Å². The molecular weight excluding hydrogens is 909 g/mol. The van der Waals surface area contributed by atoms with Crippen molar-refractivity contribution in [3.63, 3.8) is 0 Å². The lowest BCUT2D eigenvalue weighted by Gasteiger charge is -2.37. The molecule has 4 aromatic carbocycles. The van der Waals surface area contributed by atoms with Crippen LogP contribution < -0.4 is 20.4 Å². The van der Waals surface area contributed by atoms with Crippen molar-refractivity contribution in [1.29, 1.82) is 10.5 Å². The maximum Gasteiger partial charge on any atom is 0.416 e. The smallest absolute Gasteiger partial charge is 0.416 e. The van der Waals surface area contributed by atoms with Gasteiger partial charge in [0.2, 0.25) is 0 Å². The van der Waals surface area contributed by atoms with Gasteiger partial charge in [-0.15, -0.1) is 0 Å². The number of nitrogens with zero attached hydrogens (tertiary/aromatic N) is 7. The van der Waals surface area contributed by atoms with Gasteiger partial charge >= 0.3 is 24.4 Å². The number of nitrogens with one attached hydrogen (secondary N) is 2. The van der Waals surface area contributed by atoms with Crippen molar-refractivity contribution in [2.45, 2.75) is 37.3 Å². The molecule has 4 amide bonds. The molecule has 0 radical (unpaired) electrons. The monoisotopic (exact) mass is 949 g/mol. The first-order valence-corrected chi connectivity index (χ1v) is 21.6. The predicted octanol–water partition coefficient (Wildman–Crippen LogP) is 7.42. The lowest BCUT2D eigenvalue weighted by Crippen LogP contribution is -2.47. The van der Waals surface area contributed by atoms with Crippen molar-refractivity contribution in [2.75, 3.05) is 55.6 Å². The number of nitriles is 2. The number of hydrogen-bond donors (Lipinski definition) is 3. The van der Waals surface area contributed by atoms with Crippen molar-refractivity contribution < 1.29 is 50.6 Å². The highest BCUT2D eigenvalue weighted by molar-refractivity contribution is 6.07. The van der Waals surface area contributed by atoms with E-state index in [0.717, 1.165) is 35.2 Å². The van der Waals surface area contributed by atoms with Gasteiger partial charge in [0.25, 0.3) is 11.8 Å². The highest BCUT2D eigenvalue weighted by Gasteiger charge is 2.46. The van der Waals surface area contributed by atoms with E-state index in [0.29, 0.717) is 28.0 Å². The molecule has 0 unspecified atom stereocenters. The second-order valence-electron chi connectivity index (χ2n) is 16.7. The number of rotatable bonds is 14. The van der Waals surface area contributed by atoms with Crippen molar-refractivity contribution in [3.05, 3.63) is 165 Å². The third-order valence-electron chi connectivity index (χ3n) is 12.3. The first-order valence-electron chi connectivity index (χ1n) is 21.6. The number of urea groups is 1. The summed E-state index contributed by atoms with van der Waals surface area (Å²) in [6, 6.07) is 23.0. The molecule has 0 bridgehead atoms. The van der Waals surface area contributed by atoms with Gasteiger partial charge in [-0.05, 0) is 84.6 Å². The van der Waals surface area contributed by atoms with Gasteiger partial charge in [-0.1, -0.05) is 43.0 Å². The van der Waals surface area contributed by atoms with Crippen molar-refractivity contribution in [1.82, 2.24) is 25.3 Å². The van der Waals surface area contributed by atoms with Crippen LogP contribution >= 0.6 is 0 Å². The molecular formula is C49H41F6N9O5. The summed E-state index contributed by atoms with van der Waals surface area (Å²) < 4.78 is 82.9. The average molecular weight is 950 g/mol. The van der Waals surface area contributed by atoms with E-state index in [9.17, 15) is 61.2 Å². The van der Waals surface area contributed by atoms with E-state index in [2.05, 4.69) is 17.2 Å². The highest BCUT2D eigenvalue weighted by atomic mass is 19.4. The van der Waals surface area contributed by atoms with Crippen LogP contribution in [0.4, 0.5) is 42.5 Å². The fourth-order valence-electron chi connectivity index (χ4n) is 9.09. The van der Waals surface area contributed by atoms with Crippen molar-refractivity contribution in [2.24, 2.45) is 0 Å². The Hall–Kier alpha value is -8.10. The topological polar surface area (TPSA) is 176 Å². The second-order valence-corrected chi connectivity index (χ2v) is 16.7. The van der Waals surface area contributed by atoms with Gasteiger partial charge in [-0.25, -0.2) is 4.79 Å². The Balaban J connectivity index is 0.971. The molecule has 20 heteroatoms. The van der Waals surface area contributed by atoms with Gasteiger partial charge < -0.3 is 25.5 Å². The Morgan fingerprint density at radius 2 is 1.12 bits per heavy atom. The molecule has 8 rings (SSSR count). The van der Waals surface area contributed by atoms with Crippen LogP contribution in [0, 0.1) is 22.7 Å². The highest BCUT2D eigenvalue weighted by Crippen LogP contribution is 2.43. The van der Waals surface area contributed by atoms with E-state index in [-0.39, 0.29) is 86.1 Å². The molecule has 3 N–H and O–H groups in total. The fourth-order valence-corrected chi connectivity index (χ4v) is 9.09. The Morgan fingerprint density at radius 1 is 0.681 bits per heavy atom. The molecule has 4 heterocycles. The summed E-state index contributed by atoms with van der Waals surface area (Å²) in [5, 5.41) is 34.5. The quantitative estimate of drug-likeness (QED) is 0.108. The first kappa shape index (κ1) is 47.4. The Labute approximate surface area is 391 Å². The van der Waals surface area contributed by atoms with Crippen LogP contribution in [-0.2, 0) is 26.7 Å². The van der Waals surface area contributed by atoms with E-state index in [1.54, 1.807) is 41.3 Å². The van der Waals surface area contributed by atoms with Crippen LogP contribution in [0.1, 0.15) is 58.3 Å². The van der Waals surface area contributed by atoms with Crippen molar-refractivity contribution in [3.8, 4) is 12.1 Å². The third kappa shape index (κ3) is 9.70. The number of halogens is 6. The summed E-state index contributed by atoms with van der Waals surface area (Å²) in [6.07, 6.45) is -8.86. The minimum atomic E-state index is -4.72. The predicted molar refractivity (Wildman–Crippen MR) is 237 cm³/mol. The minimum absolute atomic E-state index is 0.0100. The van der Waals surface area contributed by atoms with Crippen LogP contribution in [0.3, 0.4) is 0 Å². The van der Waals surface area contributed by atoms with E-state index in [1.807, 2.05) is 12.1 Å². The summed E-state index contributed by atoms with van der Waals surface area (Å²) in [5.74, 6) is -1.83. The number of carboxylic acids is 1. The molecule has 4 aliphatic heterocycles. The van der Waals surface area contributed by atoms with E-state index >= 15 is 0 Å². The number of hydrogen-bond acceptors (Lipinski definition) is 9. The van der Waals surface area contributed by atoms with Gasteiger partial charge in [0.15, 0.2) is 0 Å². The number of amides is 4. The van der Waals surface area contributed by atoms with E-state index in [4.69, 9.17) is 0 Å². The number of aliphatic carboxylic acids is 1. The molecule has 0 fully saturated rings. The molecule has 0 spiro atoms. The van der Waals surface area contributed by atoms with Crippen LogP contribution in [-0.4, -0.2) is 89.4 Å². The first-order chi connectivity index (χ1) is 32.9. The van der Waals surface area contributed by atoms with Gasteiger partial charge in [0, 0.05) is 31.9 Å². The van der Waals surface area contributed by atoms with Crippen molar-refractivity contribution >= 4 is 35.2 Å². The molecule has 69 heavy (non-hydrogen) atoms. The van der Waals surface area contributed by atoms with Gasteiger partial charge in [0.1, 0.15) is 5.82 Å². The fraction of sp³-hybridized carbons (Fsp3) is 0.265. The Bertz CT molecular complexity index is 2700. The zero-order valence-corrected chi connectivity index (χ0v) is 36.4. The molecule has 0 saturated carbocycles. The summed E-state index contributed by atoms with van der Waals surface area (Å²) in [4.78, 5) is 61.4. The standard InChI is InChI=1S/C49H41F6N9O5/c1-29-58-43(32-14-10-30(24-56)11-15-32)41-38(63(29)36-8-2-6-34(22-36)48(50,51)52)26-61(45(41)67)20-4-18-60(28-40(65)66)19-5-21-62-27-39-42(46(62)68)44(33-16-12-31(25-57)13-17-33)59-47(69)64(39)37-9-3-7-35(23-37)49(53,54)55/h2-3,6-17,22-23,43-44,58H,1,4-5,18-21,26-28H2,(H,59,69)(H,65,66)/t43-,44-/m1/s1. The summed E-state index contributed by atoms with van der Waals surface area (Å²) in [5.41, 5.74) is 0.842.